The normalized spacial score (nSPS) is 17.8. The summed E-state index contributed by atoms with van der Waals surface area (Å²) in [5, 5.41) is 3.63. The van der Waals surface area contributed by atoms with Gasteiger partial charge in [0, 0.05) is 6.04 Å². The van der Waals surface area contributed by atoms with Crippen LogP contribution in [0.2, 0.25) is 0 Å². The molecule has 0 saturated heterocycles. The largest absolute Gasteiger partial charge is 0.310 e. The quantitative estimate of drug-likeness (QED) is 0.769. The van der Waals surface area contributed by atoms with Gasteiger partial charge in [-0.1, -0.05) is 51.5 Å². The Hall–Kier alpha value is -0.820. The van der Waals surface area contributed by atoms with Gasteiger partial charge in [0.15, 0.2) is 0 Å². The van der Waals surface area contributed by atoms with Crippen molar-refractivity contribution in [3.63, 3.8) is 0 Å². The average molecular weight is 245 g/mol. The summed E-state index contributed by atoms with van der Waals surface area (Å²) in [6, 6.07) is 9.81. The lowest BCUT2D eigenvalue weighted by molar-refractivity contribution is 0.415. The van der Waals surface area contributed by atoms with Gasteiger partial charge in [0.2, 0.25) is 0 Å². The van der Waals surface area contributed by atoms with Gasteiger partial charge in [0.05, 0.1) is 0 Å². The Bertz CT molecular complexity index is 366. The summed E-state index contributed by atoms with van der Waals surface area (Å²) >= 11 is 0. The lowest BCUT2D eigenvalue weighted by Gasteiger charge is -2.27. The van der Waals surface area contributed by atoms with E-state index in [1.807, 2.05) is 0 Å². The van der Waals surface area contributed by atoms with Crippen LogP contribution in [0.3, 0.4) is 0 Å². The zero-order valence-electron chi connectivity index (χ0n) is 12.1. The highest BCUT2D eigenvalue weighted by Gasteiger charge is 2.20. The maximum absolute atomic E-state index is 3.63. The first-order chi connectivity index (χ1) is 8.70. The third-order valence-corrected chi connectivity index (χ3v) is 4.05. The van der Waals surface area contributed by atoms with Gasteiger partial charge in [-0.2, -0.15) is 0 Å². The third-order valence-electron chi connectivity index (χ3n) is 4.05. The highest BCUT2D eigenvalue weighted by Crippen LogP contribution is 2.37. The molecular weight excluding hydrogens is 218 g/mol. The predicted molar refractivity (Wildman–Crippen MR) is 78.9 cm³/mol. The van der Waals surface area contributed by atoms with Crippen molar-refractivity contribution in [3.8, 4) is 0 Å². The molecule has 1 saturated carbocycles. The van der Waals surface area contributed by atoms with Crippen molar-refractivity contribution in [2.45, 2.75) is 58.4 Å². The van der Waals surface area contributed by atoms with Gasteiger partial charge in [-0.05, 0) is 48.8 Å². The van der Waals surface area contributed by atoms with E-state index in [-0.39, 0.29) is 0 Å². The SMILES string of the molecule is CCNC(CC(C)C)c1cccc(C2CCC2)c1. The van der Waals surface area contributed by atoms with E-state index in [1.165, 1.54) is 31.2 Å². The summed E-state index contributed by atoms with van der Waals surface area (Å²) in [6.07, 6.45) is 5.42. The van der Waals surface area contributed by atoms with E-state index >= 15 is 0 Å². The van der Waals surface area contributed by atoms with E-state index in [9.17, 15) is 0 Å². The van der Waals surface area contributed by atoms with Crippen LogP contribution in [0.1, 0.15) is 69.5 Å². The van der Waals surface area contributed by atoms with Crippen molar-refractivity contribution >= 4 is 0 Å². The molecular formula is C17H27N. The van der Waals surface area contributed by atoms with Crippen LogP contribution >= 0.6 is 0 Å². The van der Waals surface area contributed by atoms with Gasteiger partial charge in [-0.3, -0.25) is 0 Å². The topological polar surface area (TPSA) is 12.0 Å². The summed E-state index contributed by atoms with van der Waals surface area (Å²) in [4.78, 5) is 0. The minimum Gasteiger partial charge on any atom is -0.310 e. The molecule has 1 aliphatic carbocycles. The van der Waals surface area contributed by atoms with E-state index in [1.54, 1.807) is 5.56 Å². The second kappa shape index (κ2) is 6.38. The lowest BCUT2D eigenvalue weighted by atomic mass is 9.79. The van der Waals surface area contributed by atoms with Crippen LogP contribution in [-0.2, 0) is 0 Å². The second-order valence-corrected chi connectivity index (χ2v) is 6.04. The van der Waals surface area contributed by atoms with Crippen molar-refractivity contribution in [1.82, 2.24) is 5.32 Å². The maximum Gasteiger partial charge on any atom is 0.0322 e. The van der Waals surface area contributed by atoms with Gasteiger partial charge in [-0.15, -0.1) is 0 Å². The molecule has 1 heteroatoms. The van der Waals surface area contributed by atoms with Crippen molar-refractivity contribution < 1.29 is 0 Å². The summed E-state index contributed by atoms with van der Waals surface area (Å²) in [7, 11) is 0. The summed E-state index contributed by atoms with van der Waals surface area (Å²) < 4.78 is 0. The summed E-state index contributed by atoms with van der Waals surface area (Å²) in [5.74, 6) is 1.58. The highest BCUT2D eigenvalue weighted by atomic mass is 14.9. The molecule has 1 N–H and O–H groups in total. The second-order valence-electron chi connectivity index (χ2n) is 6.04. The summed E-state index contributed by atoms with van der Waals surface area (Å²) in [5.41, 5.74) is 3.04. The molecule has 0 bridgehead atoms. The molecule has 1 unspecified atom stereocenters. The Labute approximate surface area is 112 Å². The van der Waals surface area contributed by atoms with Crippen LogP contribution in [0, 0.1) is 5.92 Å². The molecule has 1 aromatic carbocycles. The van der Waals surface area contributed by atoms with Gasteiger partial charge in [0.1, 0.15) is 0 Å². The van der Waals surface area contributed by atoms with Crippen LogP contribution in [-0.4, -0.2) is 6.54 Å². The predicted octanol–water partition coefficient (Wildman–Crippen LogP) is 4.65. The fraction of sp³-hybridized carbons (Fsp3) is 0.647. The Morgan fingerprint density at radius 3 is 2.61 bits per heavy atom. The first-order valence-electron chi connectivity index (χ1n) is 7.54. The Balaban J connectivity index is 2.12. The molecule has 0 aromatic heterocycles. The first kappa shape index (κ1) is 13.6. The fourth-order valence-corrected chi connectivity index (χ4v) is 2.83. The van der Waals surface area contributed by atoms with E-state index in [0.717, 1.165) is 18.4 Å². The smallest absolute Gasteiger partial charge is 0.0322 e. The number of rotatable bonds is 6. The van der Waals surface area contributed by atoms with Crippen LogP contribution in [0.5, 0.6) is 0 Å². The fourth-order valence-electron chi connectivity index (χ4n) is 2.83. The molecule has 0 aliphatic heterocycles. The number of nitrogens with one attached hydrogen (secondary N) is 1. The number of benzene rings is 1. The first-order valence-corrected chi connectivity index (χ1v) is 7.54. The molecule has 1 aliphatic rings. The summed E-state index contributed by atoms with van der Waals surface area (Å²) in [6.45, 7) is 7.86. The van der Waals surface area contributed by atoms with E-state index in [2.05, 4.69) is 50.4 Å². The van der Waals surface area contributed by atoms with Crippen molar-refractivity contribution in [2.24, 2.45) is 5.92 Å². The number of hydrogen-bond acceptors (Lipinski definition) is 1. The molecule has 0 heterocycles. The van der Waals surface area contributed by atoms with Gasteiger partial charge in [0.25, 0.3) is 0 Å². The van der Waals surface area contributed by atoms with E-state index < -0.39 is 0 Å². The van der Waals surface area contributed by atoms with Crippen LogP contribution in [0.25, 0.3) is 0 Å². The molecule has 2 rings (SSSR count). The lowest BCUT2D eigenvalue weighted by Crippen LogP contribution is -2.22. The van der Waals surface area contributed by atoms with E-state index in [4.69, 9.17) is 0 Å². The van der Waals surface area contributed by atoms with Crippen LogP contribution < -0.4 is 5.32 Å². The Morgan fingerprint density at radius 2 is 2.06 bits per heavy atom. The molecule has 1 atom stereocenters. The van der Waals surface area contributed by atoms with Crippen LogP contribution in [0.4, 0.5) is 0 Å². The maximum atomic E-state index is 3.63. The molecule has 1 aromatic rings. The molecule has 0 amide bonds. The monoisotopic (exact) mass is 245 g/mol. The minimum atomic E-state index is 0.523. The van der Waals surface area contributed by atoms with Gasteiger partial charge >= 0.3 is 0 Å². The highest BCUT2D eigenvalue weighted by molar-refractivity contribution is 5.29. The van der Waals surface area contributed by atoms with E-state index in [0.29, 0.717) is 6.04 Å². The minimum absolute atomic E-state index is 0.523. The molecule has 0 spiro atoms. The molecule has 100 valence electrons. The third kappa shape index (κ3) is 3.35. The van der Waals surface area contributed by atoms with Crippen LogP contribution in [0.15, 0.2) is 24.3 Å². The Morgan fingerprint density at radius 1 is 1.28 bits per heavy atom. The van der Waals surface area contributed by atoms with Crippen molar-refractivity contribution in [2.75, 3.05) is 6.54 Å². The molecule has 1 fully saturated rings. The zero-order valence-corrected chi connectivity index (χ0v) is 12.1. The molecule has 1 nitrogen and oxygen atoms in total. The zero-order chi connectivity index (χ0) is 13.0. The van der Waals surface area contributed by atoms with Crippen molar-refractivity contribution in [3.05, 3.63) is 35.4 Å². The standard InChI is InChI=1S/C17H27N/c1-4-18-17(11-13(2)3)16-10-6-9-15(12-16)14-7-5-8-14/h6,9-10,12-14,17-18H,4-5,7-8,11H2,1-3H3. The molecule has 18 heavy (non-hydrogen) atoms. The van der Waals surface area contributed by atoms with Crippen molar-refractivity contribution in [1.29, 1.82) is 0 Å². The molecule has 0 radical (unpaired) electrons. The van der Waals surface area contributed by atoms with Gasteiger partial charge in [-0.25, -0.2) is 0 Å². The average Bonchev–Trinajstić information content (AvgIpc) is 2.26. The number of hydrogen-bond donors (Lipinski definition) is 1. The van der Waals surface area contributed by atoms with Gasteiger partial charge < -0.3 is 5.32 Å². The Kier molecular flexibility index (Phi) is 4.82.